The average Bonchev–Trinajstić information content (AvgIpc) is 2.45. The van der Waals surface area contributed by atoms with E-state index in [4.69, 9.17) is 8.52 Å². The first-order chi connectivity index (χ1) is 9.81. The van der Waals surface area contributed by atoms with E-state index in [1.54, 1.807) is 60.7 Å². The second-order valence-electron chi connectivity index (χ2n) is 3.88. The molecule has 0 amide bonds. The van der Waals surface area contributed by atoms with Crippen LogP contribution in [0, 0.1) is 0 Å². The molecular weight excluding hydrogens is 335 g/mol. The summed E-state index contributed by atoms with van der Waals surface area (Å²) >= 11 is 0. The van der Waals surface area contributed by atoms with Gasteiger partial charge in [0, 0.05) is 10.6 Å². The Morgan fingerprint density at radius 1 is 0.762 bits per heavy atom. The Morgan fingerprint density at radius 3 is 1.48 bits per heavy atom. The molecule has 0 spiro atoms. The molecule has 2 aromatic rings. The third kappa shape index (κ3) is 3.87. The third-order valence-corrected chi connectivity index (χ3v) is 7.88. The number of rotatable bonds is 5. The number of hydrogen-bond acceptors (Lipinski definition) is 5. The van der Waals surface area contributed by atoms with Crippen LogP contribution in [0.2, 0.25) is 0 Å². The van der Waals surface area contributed by atoms with Crippen molar-refractivity contribution < 1.29 is 25.4 Å². The van der Waals surface area contributed by atoms with E-state index in [-0.39, 0.29) is 0 Å². The monoisotopic (exact) mass is 346 g/mol. The first kappa shape index (κ1) is 16.1. The van der Waals surface area contributed by atoms with Crippen LogP contribution in [-0.2, 0) is 22.3 Å². The van der Waals surface area contributed by atoms with Gasteiger partial charge in [-0.15, -0.1) is 0 Å². The zero-order valence-electron chi connectivity index (χ0n) is 10.5. The van der Waals surface area contributed by atoms with Crippen molar-refractivity contribution in [1.82, 2.24) is 0 Å². The molecule has 21 heavy (non-hydrogen) atoms. The minimum atomic E-state index is -5.35. The van der Waals surface area contributed by atoms with Crippen molar-refractivity contribution in [2.24, 2.45) is 0 Å². The van der Waals surface area contributed by atoms with Crippen molar-refractivity contribution in [3.8, 4) is 0 Å². The first-order valence-electron chi connectivity index (χ1n) is 5.63. The highest BCUT2D eigenvalue weighted by Gasteiger charge is 2.33. The van der Waals surface area contributed by atoms with Gasteiger partial charge < -0.3 is 0 Å². The van der Waals surface area contributed by atoms with Gasteiger partial charge in [0.15, 0.2) is 0 Å². The average molecular weight is 346 g/mol. The van der Waals surface area contributed by atoms with Crippen LogP contribution in [-0.4, -0.2) is 21.4 Å². The van der Waals surface area contributed by atoms with E-state index in [0.29, 0.717) is 10.6 Å². The molecule has 9 heteroatoms. The van der Waals surface area contributed by atoms with E-state index in [0.717, 1.165) is 0 Å². The normalized spacial score (nSPS) is 12.5. The first-order valence-corrected chi connectivity index (χ1v) is 10.3. The predicted octanol–water partition coefficient (Wildman–Crippen LogP) is 1.18. The van der Waals surface area contributed by atoms with Crippen LogP contribution in [0.3, 0.4) is 0 Å². The number of benzene rings is 2. The Kier molecular flexibility index (Phi) is 4.75. The van der Waals surface area contributed by atoms with Gasteiger partial charge in [0.1, 0.15) is 8.15 Å². The molecule has 0 aliphatic rings. The van der Waals surface area contributed by atoms with E-state index in [1.807, 2.05) is 0 Å². The topological polar surface area (TPSA) is 97.7 Å². The van der Waals surface area contributed by atoms with Crippen LogP contribution in [0.4, 0.5) is 0 Å². The zero-order valence-corrected chi connectivity index (χ0v) is 13.1. The smallest absolute Gasteiger partial charge is 0.272 e. The summed E-state index contributed by atoms with van der Waals surface area (Å²) in [6.07, 6.45) is 0. The summed E-state index contributed by atoms with van der Waals surface area (Å²) in [7, 11) is -12.4. The maximum absolute atomic E-state index is 11.6. The van der Waals surface area contributed by atoms with Crippen LogP contribution in [0.5, 0.6) is 0 Å². The minimum absolute atomic E-state index is 0.505. The summed E-state index contributed by atoms with van der Waals surface area (Å²) < 4.78 is 58.5. The van der Waals surface area contributed by atoms with Gasteiger partial charge in [-0.25, -0.2) is 3.97 Å². The molecule has 6 nitrogen and oxygen atoms in total. The molecular formula is C12H11O6PS2. The fourth-order valence-electron chi connectivity index (χ4n) is 1.49. The van der Waals surface area contributed by atoms with Gasteiger partial charge in [0.2, 0.25) is 0 Å². The molecule has 0 radical (unpaired) electrons. The van der Waals surface area contributed by atoms with Gasteiger partial charge in [-0.2, -0.15) is 16.8 Å². The Bertz CT molecular complexity index is 764. The van der Waals surface area contributed by atoms with E-state index >= 15 is 0 Å². The summed E-state index contributed by atoms with van der Waals surface area (Å²) in [5.41, 5.74) is 0. The minimum Gasteiger partial charge on any atom is -0.272 e. The molecule has 0 aromatic heterocycles. The molecule has 0 aliphatic carbocycles. The van der Waals surface area contributed by atoms with E-state index in [2.05, 4.69) is 0 Å². The second-order valence-corrected chi connectivity index (χ2v) is 10.3. The van der Waals surface area contributed by atoms with Gasteiger partial charge >= 0.3 is 18.3 Å². The van der Waals surface area contributed by atoms with E-state index < -0.39 is 26.4 Å². The van der Waals surface area contributed by atoms with Gasteiger partial charge in [-0.3, -0.25) is 4.55 Å². The Balaban J connectivity index is 2.49. The van der Waals surface area contributed by atoms with E-state index in [9.17, 15) is 16.8 Å². The van der Waals surface area contributed by atoms with Gasteiger partial charge in [-0.05, 0) is 0 Å². The molecule has 0 fully saturated rings. The maximum atomic E-state index is 11.6. The van der Waals surface area contributed by atoms with Crippen LogP contribution >= 0.6 is 8.15 Å². The molecule has 0 saturated heterocycles. The molecule has 112 valence electrons. The summed E-state index contributed by atoms with van der Waals surface area (Å²) in [6.45, 7) is 0. The molecule has 1 N–H and O–H groups in total. The Hall–Kier alpha value is -1.31. The fraction of sp³-hybridized carbons (Fsp3) is 0. The summed E-state index contributed by atoms with van der Waals surface area (Å²) in [5.74, 6) is 0. The summed E-state index contributed by atoms with van der Waals surface area (Å²) in [4.78, 5) is 0. The van der Waals surface area contributed by atoms with Crippen LogP contribution in [0.1, 0.15) is 0 Å². The van der Waals surface area contributed by atoms with Crippen molar-refractivity contribution in [2.75, 3.05) is 0 Å². The molecule has 0 heterocycles. The predicted molar refractivity (Wildman–Crippen MR) is 80.6 cm³/mol. The second kappa shape index (κ2) is 6.21. The quantitative estimate of drug-likeness (QED) is 0.496. The largest absolute Gasteiger partial charge is 0.403 e. The van der Waals surface area contributed by atoms with Crippen LogP contribution < -0.4 is 10.6 Å². The van der Waals surface area contributed by atoms with Crippen molar-refractivity contribution >= 4 is 37.1 Å². The highest BCUT2D eigenvalue weighted by atomic mass is 33.2. The highest BCUT2D eigenvalue weighted by molar-refractivity contribution is 8.63. The maximum Gasteiger partial charge on any atom is 0.403 e. The van der Waals surface area contributed by atoms with Crippen LogP contribution in [0.15, 0.2) is 60.7 Å². The standard InChI is InChI=1S/C12H11O6PS2/c13-20(14,15)21(16,17)18-19(11-7-3-1-4-8-11)12-9-5-2-6-10-12/h1-10H,(H,13,14,15). The fourth-order valence-corrected chi connectivity index (χ4v) is 5.64. The highest BCUT2D eigenvalue weighted by Crippen LogP contribution is 2.38. The van der Waals surface area contributed by atoms with Gasteiger partial charge in [0.05, 0.1) is 0 Å². The Labute approximate surface area is 123 Å². The third-order valence-electron chi connectivity index (χ3n) is 2.41. The molecule has 0 aliphatic heterocycles. The van der Waals surface area contributed by atoms with Crippen molar-refractivity contribution in [3.63, 3.8) is 0 Å². The lowest BCUT2D eigenvalue weighted by Gasteiger charge is -2.16. The molecule has 0 bridgehead atoms. The molecule has 0 unspecified atom stereocenters. The van der Waals surface area contributed by atoms with Crippen LogP contribution in [0.25, 0.3) is 0 Å². The lowest BCUT2D eigenvalue weighted by molar-refractivity contribution is 0.473. The molecule has 2 aromatic carbocycles. The van der Waals surface area contributed by atoms with Crippen molar-refractivity contribution in [1.29, 1.82) is 0 Å². The SMILES string of the molecule is O=S(=O)(O)S(=O)(=O)OP(c1ccccc1)c1ccccc1. The Morgan fingerprint density at radius 2 is 1.14 bits per heavy atom. The lowest BCUT2D eigenvalue weighted by Crippen LogP contribution is -2.21. The van der Waals surface area contributed by atoms with Gasteiger partial charge in [-0.1, -0.05) is 60.7 Å². The molecule has 2 rings (SSSR count). The number of hydrogen-bond donors (Lipinski definition) is 1. The van der Waals surface area contributed by atoms with E-state index in [1.165, 1.54) is 0 Å². The molecule has 0 atom stereocenters. The zero-order chi connectivity index (χ0) is 15.5. The van der Waals surface area contributed by atoms with Crippen molar-refractivity contribution in [3.05, 3.63) is 60.7 Å². The lowest BCUT2D eigenvalue weighted by atomic mass is 10.4. The molecule has 0 saturated carbocycles. The van der Waals surface area contributed by atoms with Crippen molar-refractivity contribution in [2.45, 2.75) is 0 Å². The summed E-state index contributed by atoms with van der Waals surface area (Å²) in [5, 5.41) is 1.01. The van der Waals surface area contributed by atoms with Gasteiger partial charge in [0.25, 0.3) is 0 Å². The summed E-state index contributed by atoms with van der Waals surface area (Å²) in [6, 6.07) is 16.7.